The minimum atomic E-state index is -3.78. The predicted molar refractivity (Wildman–Crippen MR) is 96.9 cm³/mol. The fraction of sp³-hybridized carbons (Fsp3) is 0.438. The Balaban J connectivity index is 1.83. The molecule has 1 N–H and O–H groups in total. The highest BCUT2D eigenvalue weighted by Crippen LogP contribution is 2.28. The van der Waals surface area contributed by atoms with Crippen molar-refractivity contribution in [2.45, 2.75) is 25.7 Å². The lowest BCUT2D eigenvalue weighted by Crippen LogP contribution is -2.49. The number of piperazine rings is 1. The SMILES string of the molecule is Cc1ccc([N+](=O)[O-])cc1S(=O)(=O)N1CCN(c2c(C)n[nH]c2C)CC1. The number of aromatic nitrogens is 2. The van der Waals surface area contributed by atoms with Crippen LogP contribution in [-0.4, -0.2) is 54.0 Å². The van der Waals surface area contributed by atoms with E-state index in [1.165, 1.54) is 16.4 Å². The molecule has 1 aromatic heterocycles. The number of anilines is 1. The van der Waals surface area contributed by atoms with Crippen LogP contribution in [-0.2, 0) is 10.0 Å². The van der Waals surface area contributed by atoms with E-state index >= 15 is 0 Å². The molecule has 1 saturated heterocycles. The second-order valence-electron chi connectivity index (χ2n) is 6.38. The van der Waals surface area contributed by atoms with Crippen molar-refractivity contribution < 1.29 is 13.3 Å². The topological polar surface area (TPSA) is 112 Å². The molecule has 0 atom stereocenters. The molecule has 3 rings (SSSR count). The van der Waals surface area contributed by atoms with Crippen LogP contribution in [0.15, 0.2) is 23.1 Å². The molecule has 9 nitrogen and oxygen atoms in total. The molecule has 140 valence electrons. The molecule has 2 heterocycles. The van der Waals surface area contributed by atoms with Crippen LogP contribution in [0.3, 0.4) is 0 Å². The summed E-state index contributed by atoms with van der Waals surface area (Å²) in [5.74, 6) is 0. The standard InChI is InChI=1S/C16H21N5O4S/c1-11-4-5-14(21(22)23)10-15(11)26(24,25)20-8-6-19(7-9-20)16-12(2)17-18-13(16)3/h4-5,10H,6-9H2,1-3H3,(H,17,18). The summed E-state index contributed by atoms with van der Waals surface area (Å²) in [5.41, 5.74) is 3.12. The maximum absolute atomic E-state index is 13.0. The monoisotopic (exact) mass is 379 g/mol. The minimum Gasteiger partial charge on any atom is -0.366 e. The molecular weight excluding hydrogens is 358 g/mol. The van der Waals surface area contributed by atoms with Crippen LogP contribution in [0.5, 0.6) is 0 Å². The number of hydrogen-bond acceptors (Lipinski definition) is 6. The van der Waals surface area contributed by atoms with Gasteiger partial charge in [-0.3, -0.25) is 15.2 Å². The number of nitrogens with one attached hydrogen (secondary N) is 1. The largest absolute Gasteiger partial charge is 0.366 e. The Morgan fingerprint density at radius 2 is 1.81 bits per heavy atom. The molecular formula is C16H21N5O4S. The van der Waals surface area contributed by atoms with Gasteiger partial charge >= 0.3 is 0 Å². The molecule has 1 aromatic carbocycles. The molecule has 0 unspecified atom stereocenters. The van der Waals surface area contributed by atoms with Crippen molar-refractivity contribution in [3.63, 3.8) is 0 Å². The van der Waals surface area contributed by atoms with Gasteiger partial charge in [-0.15, -0.1) is 0 Å². The average Bonchev–Trinajstić information content (AvgIpc) is 2.93. The number of nitro benzene ring substituents is 1. The van der Waals surface area contributed by atoms with Crippen LogP contribution >= 0.6 is 0 Å². The molecule has 1 aliphatic heterocycles. The number of rotatable bonds is 4. The van der Waals surface area contributed by atoms with E-state index in [9.17, 15) is 18.5 Å². The van der Waals surface area contributed by atoms with Crippen molar-refractivity contribution >= 4 is 21.4 Å². The summed E-state index contributed by atoms with van der Waals surface area (Å²) in [6.07, 6.45) is 0. The lowest BCUT2D eigenvalue weighted by Gasteiger charge is -2.35. The minimum absolute atomic E-state index is 0.00387. The Morgan fingerprint density at radius 1 is 1.15 bits per heavy atom. The lowest BCUT2D eigenvalue weighted by atomic mass is 10.2. The third-order valence-electron chi connectivity index (χ3n) is 4.64. The Labute approximate surface area is 151 Å². The van der Waals surface area contributed by atoms with Crippen LogP contribution in [0.25, 0.3) is 0 Å². The van der Waals surface area contributed by atoms with Gasteiger partial charge in [0.25, 0.3) is 5.69 Å². The number of nitro groups is 1. The molecule has 1 aliphatic rings. The van der Waals surface area contributed by atoms with Crippen molar-refractivity contribution in [3.05, 3.63) is 45.3 Å². The van der Waals surface area contributed by atoms with Gasteiger partial charge in [0.2, 0.25) is 10.0 Å². The van der Waals surface area contributed by atoms with Crippen molar-refractivity contribution in [3.8, 4) is 0 Å². The number of H-pyrrole nitrogens is 1. The summed E-state index contributed by atoms with van der Waals surface area (Å²) in [7, 11) is -3.78. The Hall–Kier alpha value is -2.46. The third-order valence-corrected chi connectivity index (χ3v) is 6.69. The zero-order valence-corrected chi connectivity index (χ0v) is 15.7. The number of aryl methyl sites for hydroxylation is 3. The van der Waals surface area contributed by atoms with E-state index in [1.54, 1.807) is 6.92 Å². The van der Waals surface area contributed by atoms with Crippen molar-refractivity contribution in [1.82, 2.24) is 14.5 Å². The zero-order valence-electron chi connectivity index (χ0n) is 14.9. The van der Waals surface area contributed by atoms with E-state index in [2.05, 4.69) is 15.1 Å². The van der Waals surface area contributed by atoms with Crippen molar-refractivity contribution in [1.29, 1.82) is 0 Å². The van der Waals surface area contributed by atoms with E-state index in [0.717, 1.165) is 23.1 Å². The van der Waals surface area contributed by atoms with Crippen LogP contribution in [0.1, 0.15) is 17.0 Å². The first kappa shape index (κ1) is 18.3. The summed E-state index contributed by atoms with van der Waals surface area (Å²) >= 11 is 0. The molecule has 0 bridgehead atoms. The Bertz CT molecular complexity index is 926. The number of hydrogen-bond donors (Lipinski definition) is 1. The zero-order chi connectivity index (χ0) is 19.1. The smallest absolute Gasteiger partial charge is 0.270 e. The molecule has 0 saturated carbocycles. The summed E-state index contributed by atoms with van der Waals surface area (Å²) < 4.78 is 27.3. The Kier molecular flexibility index (Phi) is 4.72. The van der Waals surface area contributed by atoms with Gasteiger partial charge in [-0.2, -0.15) is 9.40 Å². The van der Waals surface area contributed by atoms with Gasteiger partial charge in [0, 0.05) is 38.3 Å². The summed E-state index contributed by atoms with van der Waals surface area (Å²) in [6, 6.07) is 3.93. The molecule has 1 fully saturated rings. The molecule has 0 aliphatic carbocycles. The van der Waals surface area contributed by atoms with Gasteiger partial charge in [-0.25, -0.2) is 8.42 Å². The van der Waals surface area contributed by atoms with Crippen LogP contribution in [0.4, 0.5) is 11.4 Å². The highest BCUT2D eigenvalue weighted by molar-refractivity contribution is 7.89. The fourth-order valence-electron chi connectivity index (χ4n) is 3.28. The third kappa shape index (κ3) is 3.17. The van der Waals surface area contributed by atoms with Gasteiger partial charge in [0.05, 0.1) is 26.9 Å². The number of aromatic amines is 1. The van der Waals surface area contributed by atoms with Gasteiger partial charge in [-0.1, -0.05) is 6.07 Å². The normalized spacial score (nSPS) is 16.0. The van der Waals surface area contributed by atoms with Gasteiger partial charge in [0.15, 0.2) is 0 Å². The number of sulfonamides is 1. The summed E-state index contributed by atoms with van der Waals surface area (Å²) in [4.78, 5) is 12.5. The fourth-order valence-corrected chi connectivity index (χ4v) is 4.95. The van der Waals surface area contributed by atoms with Gasteiger partial charge in [-0.05, 0) is 26.3 Å². The van der Waals surface area contributed by atoms with E-state index in [-0.39, 0.29) is 10.6 Å². The highest BCUT2D eigenvalue weighted by atomic mass is 32.2. The second-order valence-corrected chi connectivity index (χ2v) is 8.29. The molecule has 0 spiro atoms. The quantitative estimate of drug-likeness (QED) is 0.640. The van der Waals surface area contributed by atoms with E-state index < -0.39 is 14.9 Å². The maximum atomic E-state index is 13.0. The lowest BCUT2D eigenvalue weighted by molar-refractivity contribution is -0.385. The van der Waals surface area contributed by atoms with E-state index in [4.69, 9.17) is 0 Å². The van der Waals surface area contributed by atoms with E-state index in [1.807, 2.05) is 13.8 Å². The van der Waals surface area contributed by atoms with Gasteiger partial charge in [0.1, 0.15) is 0 Å². The van der Waals surface area contributed by atoms with Crippen LogP contribution < -0.4 is 4.90 Å². The number of non-ortho nitro benzene ring substituents is 1. The molecule has 0 radical (unpaired) electrons. The molecule has 0 amide bonds. The van der Waals surface area contributed by atoms with Crippen LogP contribution in [0, 0.1) is 30.9 Å². The predicted octanol–water partition coefficient (Wildman–Crippen LogP) is 1.75. The summed E-state index contributed by atoms with van der Waals surface area (Å²) in [6.45, 7) is 7.19. The van der Waals surface area contributed by atoms with Crippen molar-refractivity contribution in [2.24, 2.45) is 0 Å². The second kappa shape index (κ2) is 6.69. The van der Waals surface area contributed by atoms with Gasteiger partial charge < -0.3 is 4.90 Å². The first-order valence-corrected chi connectivity index (χ1v) is 9.67. The first-order chi connectivity index (χ1) is 12.2. The molecule has 10 heteroatoms. The first-order valence-electron chi connectivity index (χ1n) is 8.23. The Morgan fingerprint density at radius 3 is 2.35 bits per heavy atom. The highest BCUT2D eigenvalue weighted by Gasteiger charge is 2.31. The maximum Gasteiger partial charge on any atom is 0.270 e. The van der Waals surface area contributed by atoms with E-state index in [0.29, 0.717) is 31.7 Å². The molecule has 26 heavy (non-hydrogen) atoms. The van der Waals surface area contributed by atoms with Crippen LogP contribution in [0.2, 0.25) is 0 Å². The van der Waals surface area contributed by atoms with Crippen molar-refractivity contribution in [2.75, 3.05) is 31.1 Å². The average molecular weight is 379 g/mol. The number of benzene rings is 1. The number of nitrogens with zero attached hydrogens (tertiary/aromatic N) is 4. The summed E-state index contributed by atoms with van der Waals surface area (Å²) in [5, 5.41) is 18.1. The molecule has 2 aromatic rings.